The van der Waals surface area contributed by atoms with Crippen molar-refractivity contribution in [2.45, 2.75) is 59.3 Å². The van der Waals surface area contributed by atoms with Crippen LogP contribution in [0.2, 0.25) is 0 Å². The summed E-state index contributed by atoms with van der Waals surface area (Å²) in [5, 5.41) is 0. The maximum atomic E-state index is 2.42. The highest BCUT2D eigenvalue weighted by molar-refractivity contribution is 5.40. The zero-order valence-electron chi connectivity index (χ0n) is 11.4. The van der Waals surface area contributed by atoms with E-state index in [0.29, 0.717) is 10.8 Å². The zero-order valence-corrected chi connectivity index (χ0v) is 11.4. The fourth-order valence-electron chi connectivity index (χ4n) is 2.81. The Balaban J connectivity index is 2.52. The molecule has 0 saturated carbocycles. The van der Waals surface area contributed by atoms with Crippen molar-refractivity contribution in [3.05, 3.63) is 34.9 Å². The Morgan fingerprint density at radius 2 is 1.81 bits per heavy atom. The smallest absolute Gasteiger partial charge is 0.00496 e. The quantitative estimate of drug-likeness (QED) is 0.648. The molecule has 0 amide bonds. The molecule has 0 spiro atoms. The third-order valence-corrected chi connectivity index (χ3v) is 4.96. The summed E-state index contributed by atoms with van der Waals surface area (Å²) in [6.45, 7) is 11.8. The first kappa shape index (κ1) is 11.7. The van der Waals surface area contributed by atoms with Crippen molar-refractivity contribution in [1.29, 1.82) is 0 Å². The van der Waals surface area contributed by atoms with Gasteiger partial charge in [0, 0.05) is 0 Å². The van der Waals surface area contributed by atoms with Gasteiger partial charge in [-0.3, -0.25) is 0 Å². The Hall–Kier alpha value is -0.780. The Morgan fingerprint density at radius 3 is 2.44 bits per heavy atom. The van der Waals surface area contributed by atoms with E-state index in [4.69, 9.17) is 0 Å². The summed E-state index contributed by atoms with van der Waals surface area (Å²) in [4.78, 5) is 0. The molecule has 0 aliphatic heterocycles. The molecule has 88 valence electrons. The molecule has 0 radical (unpaired) electrons. The summed E-state index contributed by atoms with van der Waals surface area (Å²) in [5.41, 5.74) is 5.35. The van der Waals surface area contributed by atoms with Gasteiger partial charge in [0.25, 0.3) is 0 Å². The molecule has 0 heterocycles. The van der Waals surface area contributed by atoms with Gasteiger partial charge in [-0.1, -0.05) is 52.8 Å². The monoisotopic (exact) mass is 216 g/mol. The largest absolute Gasteiger partial charge is 0.0613 e. The third kappa shape index (κ3) is 1.59. The molecule has 0 N–H and O–H groups in total. The molecule has 0 aromatic heterocycles. The van der Waals surface area contributed by atoms with Crippen molar-refractivity contribution in [3.63, 3.8) is 0 Å². The average molecular weight is 216 g/mol. The van der Waals surface area contributed by atoms with Crippen molar-refractivity contribution < 1.29 is 0 Å². The van der Waals surface area contributed by atoms with Gasteiger partial charge in [-0.05, 0) is 46.8 Å². The number of benzene rings is 1. The molecule has 0 bridgehead atoms. The predicted molar refractivity (Wildman–Crippen MR) is 70.9 cm³/mol. The highest BCUT2D eigenvalue weighted by Crippen LogP contribution is 2.49. The van der Waals surface area contributed by atoms with Crippen molar-refractivity contribution in [2.75, 3.05) is 0 Å². The number of hydrogen-bond acceptors (Lipinski definition) is 0. The zero-order chi connectivity index (χ0) is 12.0. The molecule has 0 fully saturated rings. The Labute approximate surface area is 100 Å². The molecule has 0 saturated heterocycles. The molecule has 16 heavy (non-hydrogen) atoms. The number of fused-ring (bicyclic) bond motifs is 1. The van der Waals surface area contributed by atoms with Gasteiger partial charge in [-0.15, -0.1) is 0 Å². The normalized spacial score (nSPS) is 21.6. The summed E-state index contributed by atoms with van der Waals surface area (Å²) >= 11 is 0. The van der Waals surface area contributed by atoms with Gasteiger partial charge in [-0.25, -0.2) is 0 Å². The van der Waals surface area contributed by atoms with Crippen LogP contribution in [-0.4, -0.2) is 0 Å². The topological polar surface area (TPSA) is 0 Å². The van der Waals surface area contributed by atoms with Crippen LogP contribution in [0.5, 0.6) is 0 Å². The molecule has 0 heteroatoms. The minimum absolute atomic E-state index is 0.298. The molecule has 1 aromatic carbocycles. The summed E-state index contributed by atoms with van der Waals surface area (Å²) in [5.74, 6) is 0. The lowest BCUT2D eigenvalue weighted by atomic mass is 9.57. The maximum absolute atomic E-state index is 2.42. The third-order valence-electron chi connectivity index (χ3n) is 4.96. The lowest BCUT2D eigenvalue weighted by Crippen LogP contribution is -2.41. The van der Waals surface area contributed by atoms with E-state index in [1.807, 2.05) is 0 Å². The van der Waals surface area contributed by atoms with E-state index in [2.05, 4.69) is 52.8 Å². The fraction of sp³-hybridized carbons (Fsp3) is 0.625. The second kappa shape index (κ2) is 3.61. The lowest BCUT2D eigenvalue weighted by molar-refractivity contribution is 0.165. The minimum atomic E-state index is 0.298. The van der Waals surface area contributed by atoms with Crippen LogP contribution in [0.1, 0.15) is 57.7 Å². The molecule has 0 atom stereocenters. The summed E-state index contributed by atoms with van der Waals surface area (Å²) in [6, 6.07) is 7.10. The number of aryl methyl sites for hydroxylation is 2. The molecule has 2 rings (SSSR count). The predicted octanol–water partition coefficient (Wildman–Crippen LogP) is 4.50. The van der Waals surface area contributed by atoms with E-state index >= 15 is 0 Å². The summed E-state index contributed by atoms with van der Waals surface area (Å²) in [7, 11) is 0. The van der Waals surface area contributed by atoms with Crippen LogP contribution < -0.4 is 0 Å². The minimum Gasteiger partial charge on any atom is -0.0613 e. The van der Waals surface area contributed by atoms with E-state index in [1.54, 1.807) is 11.1 Å². The second-order valence-corrected chi connectivity index (χ2v) is 6.35. The van der Waals surface area contributed by atoms with E-state index in [1.165, 1.54) is 18.4 Å². The Kier molecular flexibility index (Phi) is 2.64. The van der Waals surface area contributed by atoms with Crippen molar-refractivity contribution in [2.24, 2.45) is 5.41 Å². The van der Waals surface area contributed by atoms with E-state index in [-0.39, 0.29) is 0 Å². The highest BCUT2D eigenvalue weighted by atomic mass is 14.5. The van der Waals surface area contributed by atoms with Gasteiger partial charge in [0.1, 0.15) is 0 Å². The van der Waals surface area contributed by atoms with Crippen LogP contribution in [0.3, 0.4) is 0 Å². The van der Waals surface area contributed by atoms with Crippen LogP contribution in [0, 0.1) is 5.41 Å². The fourth-order valence-corrected chi connectivity index (χ4v) is 2.81. The van der Waals surface area contributed by atoms with Gasteiger partial charge in [0.15, 0.2) is 0 Å². The van der Waals surface area contributed by atoms with E-state index < -0.39 is 0 Å². The van der Waals surface area contributed by atoms with Crippen LogP contribution in [0.25, 0.3) is 0 Å². The van der Waals surface area contributed by atoms with Gasteiger partial charge in [0.05, 0.1) is 0 Å². The van der Waals surface area contributed by atoms with E-state index in [9.17, 15) is 0 Å². The van der Waals surface area contributed by atoms with Crippen LogP contribution >= 0.6 is 0 Å². The first-order valence-electron chi connectivity index (χ1n) is 6.51. The maximum Gasteiger partial charge on any atom is -0.00496 e. The van der Waals surface area contributed by atoms with Crippen LogP contribution in [-0.2, 0) is 18.3 Å². The molecule has 0 unspecified atom stereocenters. The highest BCUT2D eigenvalue weighted by Gasteiger charge is 2.42. The number of rotatable bonds is 1. The van der Waals surface area contributed by atoms with Crippen LogP contribution in [0.15, 0.2) is 18.2 Å². The molecule has 1 aliphatic carbocycles. The molecular weight excluding hydrogens is 192 g/mol. The van der Waals surface area contributed by atoms with Gasteiger partial charge in [-0.2, -0.15) is 0 Å². The summed E-state index contributed by atoms with van der Waals surface area (Å²) in [6.07, 6.45) is 3.71. The lowest BCUT2D eigenvalue weighted by Gasteiger charge is -2.47. The van der Waals surface area contributed by atoms with Gasteiger partial charge >= 0.3 is 0 Å². The van der Waals surface area contributed by atoms with Gasteiger partial charge in [0.2, 0.25) is 0 Å². The first-order chi connectivity index (χ1) is 7.38. The number of hydrogen-bond donors (Lipinski definition) is 0. The van der Waals surface area contributed by atoms with Crippen molar-refractivity contribution in [3.8, 4) is 0 Å². The molecule has 1 aromatic rings. The standard InChI is InChI=1S/C16H24/c1-6-12-7-8-14-13(11-12)9-10-15(2,3)16(14,4)5/h7-8,11H,6,9-10H2,1-5H3. The first-order valence-corrected chi connectivity index (χ1v) is 6.51. The van der Waals surface area contributed by atoms with E-state index in [0.717, 1.165) is 6.42 Å². The van der Waals surface area contributed by atoms with Crippen molar-refractivity contribution >= 4 is 0 Å². The van der Waals surface area contributed by atoms with Crippen molar-refractivity contribution in [1.82, 2.24) is 0 Å². The van der Waals surface area contributed by atoms with Crippen LogP contribution in [0.4, 0.5) is 0 Å². The van der Waals surface area contributed by atoms with Gasteiger partial charge < -0.3 is 0 Å². The Bertz CT molecular complexity index is 396. The Morgan fingerprint density at radius 1 is 1.12 bits per heavy atom. The molecule has 1 aliphatic rings. The second-order valence-electron chi connectivity index (χ2n) is 6.35. The summed E-state index contributed by atoms with van der Waals surface area (Å²) < 4.78 is 0. The SMILES string of the molecule is CCc1ccc2c(c1)CCC(C)(C)C2(C)C. The average Bonchev–Trinajstić information content (AvgIpc) is 2.24. The molecular formula is C16H24. The molecule has 0 nitrogen and oxygen atoms in total.